The highest BCUT2D eigenvalue weighted by molar-refractivity contribution is 6.11. The van der Waals surface area contributed by atoms with Gasteiger partial charge in [0.2, 0.25) is 0 Å². The van der Waals surface area contributed by atoms with Gasteiger partial charge in [-0.1, -0.05) is 291 Å². The van der Waals surface area contributed by atoms with E-state index < -0.39 is 0 Å². The van der Waals surface area contributed by atoms with Crippen molar-refractivity contribution in [2.45, 2.75) is 0 Å². The van der Waals surface area contributed by atoms with Crippen LogP contribution in [0.4, 0.5) is 17.1 Å². The van der Waals surface area contributed by atoms with Gasteiger partial charge in [-0.05, 0) is 186 Å². The molecular weight excluding hydrogens is 1020 g/mol. The molecule has 0 fully saturated rings. The molecule has 0 bridgehead atoms. The zero-order valence-electron chi connectivity index (χ0n) is 46.9. The predicted octanol–water partition coefficient (Wildman–Crippen LogP) is 22.8. The van der Waals surface area contributed by atoms with E-state index in [-0.39, 0.29) is 0 Å². The third-order valence-electron chi connectivity index (χ3n) is 16.9. The molecule has 15 aromatic rings. The molecule has 15 rings (SSSR count). The molecule has 0 spiro atoms. The molecule has 0 radical (unpaired) electrons. The zero-order chi connectivity index (χ0) is 56.5. The van der Waals surface area contributed by atoms with Crippen molar-refractivity contribution < 1.29 is 0 Å². The second-order valence-electron chi connectivity index (χ2n) is 21.9. The van der Waals surface area contributed by atoms with E-state index in [4.69, 9.17) is 0 Å². The van der Waals surface area contributed by atoms with Crippen molar-refractivity contribution in [2.24, 2.45) is 0 Å². The molecule has 0 aliphatic heterocycles. The summed E-state index contributed by atoms with van der Waals surface area (Å²) in [6.45, 7) is 0. The average Bonchev–Trinajstić information content (AvgIpc) is 3.13. The van der Waals surface area contributed by atoms with Gasteiger partial charge in [-0.2, -0.15) is 0 Å². The topological polar surface area (TPSA) is 3.24 Å². The summed E-state index contributed by atoms with van der Waals surface area (Å²) in [6.07, 6.45) is 7.10. The van der Waals surface area contributed by atoms with Crippen LogP contribution in [0.2, 0.25) is 0 Å². The molecule has 15 aromatic carbocycles. The van der Waals surface area contributed by atoms with Gasteiger partial charge < -0.3 is 4.90 Å². The van der Waals surface area contributed by atoms with Crippen molar-refractivity contribution >= 4 is 117 Å². The van der Waals surface area contributed by atoms with E-state index in [0.717, 1.165) is 33.8 Å². The molecule has 0 aliphatic rings. The van der Waals surface area contributed by atoms with Crippen LogP contribution in [0.3, 0.4) is 0 Å². The van der Waals surface area contributed by atoms with Crippen molar-refractivity contribution in [2.75, 3.05) is 4.90 Å². The van der Waals surface area contributed by atoms with Crippen LogP contribution in [-0.2, 0) is 0 Å². The number of fused-ring (bicyclic) bond motifs is 6. The zero-order valence-corrected chi connectivity index (χ0v) is 46.9. The van der Waals surface area contributed by atoms with Gasteiger partial charge in [-0.25, -0.2) is 0 Å². The standard InChI is InChI=1S/C84H57N/c1-7-31-70-61(19-1)25-13-37-76(70)82(77-38-14-26-62-20-2-8-32-71(62)77)55-58-43-49-67(50-44-58)85(68-51-45-59(46-52-68)56-83(78-39-15-27-63-21-3-9-33-72(63)78)79-40-16-28-64-22-4-10-34-73(64)79)69-53-47-60(48-54-69)57-84(80-41-17-29-65-23-5-11-35-74(65)80)81-42-18-30-66-24-6-12-36-75(66)81/h1-57H. The van der Waals surface area contributed by atoms with Crippen LogP contribution in [0.25, 0.3) is 99.6 Å². The van der Waals surface area contributed by atoms with Gasteiger partial charge in [0.1, 0.15) is 0 Å². The molecule has 0 unspecified atom stereocenters. The van der Waals surface area contributed by atoms with E-state index in [1.807, 2.05) is 0 Å². The average molecular weight is 1080 g/mol. The first kappa shape index (κ1) is 50.8. The summed E-state index contributed by atoms with van der Waals surface area (Å²) in [5, 5.41) is 14.7. The summed E-state index contributed by atoms with van der Waals surface area (Å²) >= 11 is 0. The molecule has 1 nitrogen and oxygen atoms in total. The van der Waals surface area contributed by atoms with Crippen LogP contribution in [0.5, 0.6) is 0 Å². The monoisotopic (exact) mass is 1080 g/mol. The van der Waals surface area contributed by atoms with Gasteiger partial charge in [0.25, 0.3) is 0 Å². The van der Waals surface area contributed by atoms with Crippen molar-refractivity contribution in [3.8, 4) is 0 Å². The largest absolute Gasteiger partial charge is 0.311 e. The lowest BCUT2D eigenvalue weighted by Crippen LogP contribution is -2.10. The summed E-state index contributed by atoms with van der Waals surface area (Å²) in [5.41, 5.74) is 17.3. The minimum absolute atomic E-state index is 1.06. The molecule has 0 heterocycles. The van der Waals surface area contributed by atoms with E-state index >= 15 is 0 Å². The molecule has 0 aromatic heterocycles. The summed E-state index contributed by atoms with van der Waals surface area (Å²) in [5.74, 6) is 0. The molecule has 1 heteroatoms. The van der Waals surface area contributed by atoms with Crippen LogP contribution >= 0.6 is 0 Å². The quantitative estimate of drug-likeness (QED) is 0.110. The molecular formula is C84H57N. The van der Waals surface area contributed by atoms with Crippen LogP contribution in [-0.4, -0.2) is 0 Å². The highest BCUT2D eigenvalue weighted by Gasteiger charge is 2.19. The van der Waals surface area contributed by atoms with Gasteiger partial charge in [0.15, 0.2) is 0 Å². The van der Waals surface area contributed by atoms with Gasteiger partial charge in [-0.15, -0.1) is 0 Å². The van der Waals surface area contributed by atoms with Crippen molar-refractivity contribution in [3.05, 3.63) is 378 Å². The van der Waals surface area contributed by atoms with E-state index in [2.05, 4.69) is 351 Å². The maximum Gasteiger partial charge on any atom is 0.0462 e. The van der Waals surface area contributed by atoms with Gasteiger partial charge in [0.05, 0.1) is 0 Å². The molecule has 0 N–H and O–H groups in total. The van der Waals surface area contributed by atoms with E-state index in [1.165, 1.54) is 115 Å². The summed E-state index contributed by atoms with van der Waals surface area (Å²) in [7, 11) is 0. The lowest BCUT2D eigenvalue weighted by atomic mass is 9.89. The fourth-order valence-corrected chi connectivity index (χ4v) is 12.8. The summed E-state index contributed by atoms with van der Waals surface area (Å²) in [6, 6.07) is 120. The molecule has 0 atom stereocenters. The SMILES string of the molecule is C(=C(c1cccc2ccccc12)c1cccc2ccccc12)c1ccc(N(c2ccc(C=C(c3cccc4ccccc34)c3cccc4ccccc34)cc2)c2ccc(C=C(c3cccc4ccccc34)c3cccc4ccccc34)cc2)cc1. The van der Waals surface area contributed by atoms with Crippen LogP contribution in [0.15, 0.2) is 328 Å². The van der Waals surface area contributed by atoms with Crippen molar-refractivity contribution in [1.29, 1.82) is 0 Å². The molecule has 398 valence electrons. The normalized spacial score (nSPS) is 11.3. The molecule has 0 saturated carbocycles. The Hall–Kier alpha value is -11.1. The number of nitrogens with zero attached hydrogens (tertiary/aromatic N) is 1. The minimum atomic E-state index is 1.06. The van der Waals surface area contributed by atoms with Crippen LogP contribution in [0.1, 0.15) is 50.1 Å². The molecule has 0 amide bonds. The lowest BCUT2D eigenvalue weighted by Gasteiger charge is -2.26. The Balaban J connectivity index is 0.871. The van der Waals surface area contributed by atoms with Gasteiger partial charge in [0, 0.05) is 17.1 Å². The van der Waals surface area contributed by atoms with Crippen LogP contribution < -0.4 is 4.90 Å². The Morgan fingerprint density at radius 3 is 0.553 bits per heavy atom. The summed E-state index contributed by atoms with van der Waals surface area (Å²) in [4.78, 5) is 2.39. The number of hydrogen-bond acceptors (Lipinski definition) is 1. The fraction of sp³-hybridized carbons (Fsp3) is 0. The Morgan fingerprint density at radius 1 is 0.176 bits per heavy atom. The van der Waals surface area contributed by atoms with Crippen LogP contribution in [0, 0.1) is 0 Å². The number of hydrogen-bond donors (Lipinski definition) is 0. The van der Waals surface area contributed by atoms with Crippen molar-refractivity contribution in [3.63, 3.8) is 0 Å². The summed E-state index contributed by atoms with van der Waals surface area (Å²) < 4.78 is 0. The lowest BCUT2D eigenvalue weighted by molar-refractivity contribution is 1.28. The van der Waals surface area contributed by atoms with E-state index in [0.29, 0.717) is 0 Å². The Bertz CT molecular complexity index is 4310. The highest BCUT2D eigenvalue weighted by Crippen LogP contribution is 2.42. The number of anilines is 3. The van der Waals surface area contributed by atoms with E-state index in [1.54, 1.807) is 0 Å². The maximum absolute atomic E-state index is 2.39. The second-order valence-corrected chi connectivity index (χ2v) is 21.9. The first-order valence-electron chi connectivity index (χ1n) is 29.3. The third kappa shape index (κ3) is 9.84. The molecule has 85 heavy (non-hydrogen) atoms. The molecule has 0 aliphatic carbocycles. The third-order valence-corrected chi connectivity index (χ3v) is 16.9. The highest BCUT2D eigenvalue weighted by atomic mass is 15.1. The Kier molecular flexibility index (Phi) is 13.3. The fourth-order valence-electron chi connectivity index (χ4n) is 12.8. The Labute approximate surface area is 496 Å². The number of rotatable bonds is 12. The van der Waals surface area contributed by atoms with Gasteiger partial charge >= 0.3 is 0 Å². The predicted molar refractivity (Wildman–Crippen MR) is 366 cm³/mol. The maximum atomic E-state index is 2.39. The minimum Gasteiger partial charge on any atom is -0.311 e. The second kappa shape index (κ2) is 22.3. The molecule has 0 saturated heterocycles. The van der Waals surface area contributed by atoms with E-state index in [9.17, 15) is 0 Å². The van der Waals surface area contributed by atoms with Crippen molar-refractivity contribution in [1.82, 2.24) is 0 Å². The first-order chi connectivity index (χ1) is 42.1. The number of benzene rings is 15. The Morgan fingerprint density at radius 2 is 0.353 bits per heavy atom. The van der Waals surface area contributed by atoms with Gasteiger partial charge in [-0.3, -0.25) is 0 Å². The first-order valence-corrected chi connectivity index (χ1v) is 29.3. The smallest absolute Gasteiger partial charge is 0.0462 e.